The Kier molecular flexibility index (Phi) is 7.09. The van der Waals surface area contributed by atoms with Crippen LogP contribution in [0.1, 0.15) is 12.0 Å². The number of anilines is 5. The van der Waals surface area contributed by atoms with Crippen LogP contribution in [0.5, 0.6) is 0 Å². The molecule has 0 saturated heterocycles. The van der Waals surface area contributed by atoms with Gasteiger partial charge in [0.15, 0.2) is 0 Å². The molecule has 1 aliphatic carbocycles. The Hall–Kier alpha value is -6.32. The number of rotatable bonds is 5. The van der Waals surface area contributed by atoms with E-state index in [1.807, 2.05) is 0 Å². The van der Waals surface area contributed by atoms with Gasteiger partial charge in [-0.15, -0.1) is 0 Å². The van der Waals surface area contributed by atoms with E-state index >= 15 is 0 Å². The van der Waals surface area contributed by atoms with Crippen LogP contribution in [0.4, 0.5) is 28.4 Å². The highest BCUT2D eigenvalue weighted by atomic mass is 15.2. The summed E-state index contributed by atoms with van der Waals surface area (Å²) < 4.78 is 0. The Morgan fingerprint density at radius 3 is 1.63 bits per heavy atom. The number of benzene rings is 7. The fraction of sp³-hybridized carbons (Fsp3) is 0.0417. The molecule has 0 N–H and O–H groups in total. The lowest BCUT2D eigenvalue weighted by atomic mass is 9.33. The van der Waals surface area contributed by atoms with Crippen LogP contribution < -0.4 is 26.2 Å². The number of hydrogen-bond donors (Lipinski definition) is 0. The topological polar surface area (TPSA) is 6.48 Å². The SMILES string of the molecule is C1=CC(N2c3ccccc3B3c4ccccc4N(c4ccc(-c5ccccc5)cc4)c4cc(-c5ccccc5)cc2c43)CC=C1c1ccccc1. The molecule has 2 heterocycles. The molecule has 240 valence electrons. The fourth-order valence-corrected chi connectivity index (χ4v) is 8.44. The van der Waals surface area contributed by atoms with Gasteiger partial charge >= 0.3 is 0 Å². The molecular formula is C48H35BN2. The van der Waals surface area contributed by atoms with E-state index in [0.29, 0.717) is 0 Å². The molecular weight excluding hydrogens is 615 g/mol. The maximum Gasteiger partial charge on any atom is 0.252 e. The third kappa shape index (κ3) is 4.96. The Labute approximate surface area is 300 Å². The van der Waals surface area contributed by atoms with Crippen molar-refractivity contribution in [3.63, 3.8) is 0 Å². The van der Waals surface area contributed by atoms with E-state index in [4.69, 9.17) is 0 Å². The maximum absolute atomic E-state index is 2.62. The van der Waals surface area contributed by atoms with E-state index in [2.05, 4.69) is 204 Å². The summed E-state index contributed by atoms with van der Waals surface area (Å²) in [6.07, 6.45) is 8.07. The van der Waals surface area contributed by atoms with Gasteiger partial charge in [-0.3, -0.25) is 0 Å². The van der Waals surface area contributed by atoms with E-state index in [1.165, 1.54) is 72.5 Å². The highest BCUT2D eigenvalue weighted by molar-refractivity contribution is 7.00. The fourth-order valence-electron chi connectivity index (χ4n) is 8.44. The molecule has 1 atom stereocenters. The summed E-state index contributed by atoms with van der Waals surface area (Å²) in [5.74, 6) is 0. The smallest absolute Gasteiger partial charge is 0.252 e. The van der Waals surface area contributed by atoms with Crippen LogP contribution in [0.15, 0.2) is 194 Å². The second-order valence-electron chi connectivity index (χ2n) is 13.7. The summed E-state index contributed by atoms with van der Waals surface area (Å²) in [4.78, 5) is 5.12. The molecule has 2 aliphatic heterocycles. The van der Waals surface area contributed by atoms with Crippen LogP contribution >= 0.6 is 0 Å². The van der Waals surface area contributed by atoms with Crippen molar-refractivity contribution in [1.82, 2.24) is 0 Å². The van der Waals surface area contributed by atoms with Crippen LogP contribution in [0.25, 0.3) is 27.8 Å². The molecule has 0 bridgehead atoms. The van der Waals surface area contributed by atoms with Crippen LogP contribution in [0.3, 0.4) is 0 Å². The zero-order valence-corrected chi connectivity index (χ0v) is 28.2. The van der Waals surface area contributed by atoms with Gasteiger partial charge in [-0.1, -0.05) is 158 Å². The van der Waals surface area contributed by atoms with Gasteiger partial charge in [0.2, 0.25) is 0 Å². The normalized spacial score (nSPS) is 15.5. The van der Waals surface area contributed by atoms with E-state index in [0.717, 1.165) is 12.1 Å². The first kappa shape index (κ1) is 29.6. The standard InChI is InChI=1S/C48H35BN2/c1-4-14-34(15-5-1)37-24-28-40(29-25-37)50-44-22-12-10-20-42(44)49-43-21-11-13-23-45(43)51(41-30-26-38(27-31-41)35-16-6-2-7-17-35)47-33-39(32-46(50)48(47)49)36-18-8-3-9-19-36/h1-30,32-33,41H,31H2. The molecule has 0 spiro atoms. The van der Waals surface area contributed by atoms with Gasteiger partial charge in [-0.2, -0.15) is 0 Å². The molecule has 3 aliphatic rings. The van der Waals surface area contributed by atoms with E-state index < -0.39 is 0 Å². The van der Waals surface area contributed by atoms with Gasteiger partial charge in [0.25, 0.3) is 6.71 Å². The molecule has 0 fully saturated rings. The van der Waals surface area contributed by atoms with E-state index in [-0.39, 0.29) is 12.8 Å². The molecule has 0 radical (unpaired) electrons. The predicted octanol–water partition coefficient (Wildman–Crippen LogP) is 10.2. The van der Waals surface area contributed by atoms with Crippen LogP contribution in [-0.4, -0.2) is 12.8 Å². The van der Waals surface area contributed by atoms with Crippen LogP contribution in [0.2, 0.25) is 0 Å². The van der Waals surface area contributed by atoms with Gasteiger partial charge in [0.05, 0.1) is 6.04 Å². The number of allylic oxidation sites excluding steroid dienone is 2. The van der Waals surface area contributed by atoms with Gasteiger partial charge in [0.1, 0.15) is 0 Å². The Bertz CT molecular complexity index is 2450. The highest BCUT2D eigenvalue weighted by Gasteiger charge is 2.44. The largest absolute Gasteiger partial charge is 0.335 e. The Balaban J connectivity index is 1.19. The zero-order chi connectivity index (χ0) is 33.7. The van der Waals surface area contributed by atoms with E-state index in [9.17, 15) is 0 Å². The summed E-state index contributed by atoms with van der Waals surface area (Å²) in [7, 11) is 0. The van der Waals surface area contributed by atoms with Crippen molar-refractivity contribution in [3.05, 3.63) is 200 Å². The van der Waals surface area contributed by atoms with Crippen molar-refractivity contribution < 1.29 is 0 Å². The quantitative estimate of drug-likeness (QED) is 0.171. The maximum atomic E-state index is 2.62. The molecule has 51 heavy (non-hydrogen) atoms. The van der Waals surface area contributed by atoms with Crippen LogP contribution in [0, 0.1) is 0 Å². The second-order valence-corrected chi connectivity index (χ2v) is 13.7. The van der Waals surface area contributed by atoms with Gasteiger partial charge in [-0.25, -0.2) is 0 Å². The molecule has 0 amide bonds. The third-order valence-electron chi connectivity index (χ3n) is 10.8. The number of para-hydroxylation sites is 2. The molecule has 3 heteroatoms. The average Bonchev–Trinajstić information content (AvgIpc) is 3.22. The molecule has 10 rings (SSSR count). The summed E-state index contributed by atoms with van der Waals surface area (Å²) in [6.45, 7) is 0.117. The zero-order valence-electron chi connectivity index (χ0n) is 28.2. The number of fused-ring (bicyclic) bond motifs is 4. The molecule has 2 nitrogen and oxygen atoms in total. The first-order valence-electron chi connectivity index (χ1n) is 17.9. The first-order chi connectivity index (χ1) is 25.3. The Morgan fingerprint density at radius 2 is 0.980 bits per heavy atom. The third-order valence-corrected chi connectivity index (χ3v) is 10.8. The first-order valence-corrected chi connectivity index (χ1v) is 17.9. The van der Waals surface area contributed by atoms with Crippen molar-refractivity contribution in [1.29, 1.82) is 0 Å². The second kappa shape index (κ2) is 12.2. The highest BCUT2D eigenvalue weighted by Crippen LogP contribution is 2.45. The lowest BCUT2D eigenvalue weighted by Crippen LogP contribution is -2.62. The van der Waals surface area contributed by atoms with Crippen molar-refractivity contribution in [2.75, 3.05) is 9.80 Å². The van der Waals surface area contributed by atoms with Crippen molar-refractivity contribution >= 4 is 57.1 Å². The van der Waals surface area contributed by atoms with Crippen LogP contribution in [-0.2, 0) is 0 Å². The van der Waals surface area contributed by atoms with Crippen molar-refractivity contribution in [2.24, 2.45) is 0 Å². The average molecular weight is 651 g/mol. The monoisotopic (exact) mass is 650 g/mol. The summed E-state index contributed by atoms with van der Waals surface area (Å²) >= 11 is 0. The Morgan fingerprint density at radius 1 is 0.451 bits per heavy atom. The van der Waals surface area contributed by atoms with Crippen molar-refractivity contribution in [3.8, 4) is 22.3 Å². The predicted molar refractivity (Wildman–Crippen MR) is 217 cm³/mol. The minimum atomic E-state index is 0.117. The molecule has 7 aromatic carbocycles. The van der Waals surface area contributed by atoms with Crippen molar-refractivity contribution in [2.45, 2.75) is 12.5 Å². The number of hydrogen-bond acceptors (Lipinski definition) is 2. The molecule has 0 aromatic heterocycles. The van der Waals surface area contributed by atoms with E-state index in [1.54, 1.807) is 0 Å². The molecule has 1 unspecified atom stereocenters. The molecule has 7 aromatic rings. The summed E-state index contributed by atoms with van der Waals surface area (Å²) in [6, 6.07) is 64.5. The number of nitrogens with zero attached hydrogens (tertiary/aromatic N) is 2. The summed E-state index contributed by atoms with van der Waals surface area (Å²) in [5, 5.41) is 0. The summed E-state index contributed by atoms with van der Waals surface area (Å²) in [5.41, 5.74) is 17.7. The van der Waals surface area contributed by atoms with Gasteiger partial charge in [0, 0.05) is 28.4 Å². The minimum absolute atomic E-state index is 0.117. The lowest BCUT2D eigenvalue weighted by molar-refractivity contribution is 0.789. The molecule has 0 saturated carbocycles. The van der Waals surface area contributed by atoms with Gasteiger partial charge in [-0.05, 0) is 92.6 Å². The van der Waals surface area contributed by atoms with Gasteiger partial charge < -0.3 is 9.80 Å². The lowest BCUT2D eigenvalue weighted by Gasteiger charge is -2.46. The minimum Gasteiger partial charge on any atom is -0.335 e.